The summed E-state index contributed by atoms with van der Waals surface area (Å²) in [5, 5.41) is 0.0629. The Morgan fingerprint density at radius 1 is 1.00 bits per heavy atom. The van der Waals surface area contributed by atoms with Gasteiger partial charge in [0.2, 0.25) is 12.0 Å². The molecule has 184 valence electrons. The number of aryl methyl sites for hydroxylation is 2. The number of aromatic nitrogens is 1. The number of hydrogen-bond donors (Lipinski definition) is 2. The van der Waals surface area contributed by atoms with Crippen molar-refractivity contribution in [2.75, 3.05) is 5.32 Å². The Balaban J connectivity index is 1.74. The number of urea groups is 1. The Morgan fingerprint density at radius 2 is 1.66 bits per heavy atom. The summed E-state index contributed by atoms with van der Waals surface area (Å²) in [5.74, 6) is -4.65. The zero-order valence-corrected chi connectivity index (χ0v) is 18.9. The summed E-state index contributed by atoms with van der Waals surface area (Å²) in [6, 6.07) is 6.31. The molecule has 2 aromatic carbocycles. The molecule has 3 rings (SSSR count). The van der Waals surface area contributed by atoms with E-state index in [0.29, 0.717) is 0 Å². The predicted molar refractivity (Wildman–Crippen MR) is 117 cm³/mol. The first-order valence-electron chi connectivity index (χ1n) is 9.89. The maximum absolute atomic E-state index is 14.0. The van der Waals surface area contributed by atoms with Crippen LogP contribution in [0.3, 0.4) is 0 Å². The fraction of sp³-hybridized carbons (Fsp3) is 0.174. The van der Waals surface area contributed by atoms with Gasteiger partial charge in [0.1, 0.15) is 23.0 Å². The van der Waals surface area contributed by atoms with Gasteiger partial charge >= 0.3 is 11.4 Å². The van der Waals surface area contributed by atoms with Gasteiger partial charge in [0, 0.05) is 11.1 Å². The van der Waals surface area contributed by atoms with Gasteiger partial charge in [-0.3, -0.25) is 10.1 Å². The highest BCUT2D eigenvalue weighted by Crippen LogP contribution is 2.39. The van der Waals surface area contributed by atoms with Crippen molar-refractivity contribution in [3.63, 3.8) is 0 Å². The van der Waals surface area contributed by atoms with Crippen molar-refractivity contribution >= 4 is 29.2 Å². The molecule has 0 spiro atoms. The Bertz CT molecular complexity index is 1260. The van der Waals surface area contributed by atoms with Gasteiger partial charge < -0.3 is 10.1 Å². The van der Waals surface area contributed by atoms with Crippen molar-refractivity contribution in [3.8, 4) is 5.88 Å². The van der Waals surface area contributed by atoms with Crippen LogP contribution in [-0.2, 0) is 0 Å². The average molecular weight is 514 g/mol. The third-order valence-corrected chi connectivity index (χ3v) is 4.93. The van der Waals surface area contributed by atoms with Gasteiger partial charge in [-0.25, -0.2) is 22.9 Å². The Labute approximate surface area is 201 Å². The van der Waals surface area contributed by atoms with E-state index < -0.39 is 46.4 Å². The van der Waals surface area contributed by atoms with E-state index in [1.54, 1.807) is 5.32 Å². The number of carbonyl (C=O) groups is 2. The Morgan fingerprint density at radius 3 is 2.23 bits per heavy atom. The number of anilines is 1. The summed E-state index contributed by atoms with van der Waals surface area (Å²) >= 11 is 5.19. The van der Waals surface area contributed by atoms with Gasteiger partial charge in [-0.1, -0.05) is 18.2 Å². The normalized spacial score (nSPS) is 12.1. The van der Waals surface area contributed by atoms with Crippen molar-refractivity contribution < 1.29 is 36.3 Å². The molecular formula is C23H17ClF5N3O3. The molecular weight excluding hydrogens is 497 g/mol. The summed E-state index contributed by atoms with van der Waals surface area (Å²) in [6.45, 7) is 2.88. The van der Waals surface area contributed by atoms with E-state index in [0.717, 1.165) is 30.5 Å². The molecule has 0 bridgehead atoms. The largest absolute Gasteiger partial charge is 0.461 e. The van der Waals surface area contributed by atoms with E-state index in [9.17, 15) is 31.5 Å². The fourth-order valence-corrected chi connectivity index (χ4v) is 3.17. The number of halogens is 6. The molecule has 3 aromatic rings. The fourth-order valence-electron chi connectivity index (χ4n) is 3.00. The van der Waals surface area contributed by atoms with Gasteiger partial charge in [0.25, 0.3) is 5.91 Å². The van der Waals surface area contributed by atoms with Gasteiger partial charge in [-0.05, 0) is 55.3 Å². The van der Waals surface area contributed by atoms with E-state index in [1.807, 2.05) is 0 Å². The molecule has 3 amide bonds. The molecule has 1 atom stereocenters. The highest BCUT2D eigenvalue weighted by molar-refractivity contribution is 6.22. The second kappa shape index (κ2) is 10.3. The zero-order chi connectivity index (χ0) is 25.9. The van der Waals surface area contributed by atoms with E-state index >= 15 is 0 Å². The highest BCUT2D eigenvalue weighted by atomic mass is 35.5. The van der Waals surface area contributed by atoms with Gasteiger partial charge in [0.15, 0.2) is 0 Å². The van der Waals surface area contributed by atoms with Crippen LogP contribution in [0.1, 0.15) is 33.2 Å². The van der Waals surface area contributed by atoms with E-state index in [1.165, 1.54) is 32.0 Å². The standard InChI is InChI=1S/C23H17ClF5N3O3/c1-11-6-7-13(9-17(11)27)19(23(24,28)29)35-21-12(2)8-14(10-30-21)31-22(34)32-20(33)18-15(25)4-3-5-16(18)26/h3-10,19H,1-2H3,(H2,31,32,33,34). The first-order chi connectivity index (χ1) is 16.4. The number of imide groups is 1. The number of hydrogen-bond acceptors (Lipinski definition) is 4. The molecule has 1 aromatic heterocycles. The molecule has 6 nitrogen and oxygen atoms in total. The maximum Gasteiger partial charge on any atom is 0.362 e. The van der Waals surface area contributed by atoms with E-state index in [-0.39, 0.29) is 28.3 Å². The Kier molecular flexibility index (Phi) is 7.59. The number of amides is 3. The molecule has 0 saturated carbocycles. The summed E-state index contributed by atoms with van der Waals surface area (Å²) in [7, 11) is 0. The van der Waals surface area contributed by atoms with Crippen molar-refractivity contribution in [2.24, 2.45) is 0 Å². The molecule has 0 fully saturated rings. The van der Waals surface area contributed by atoms with Gasteiger partial charge in [-0.2, -0.15) is 8.78 Å². The summed E-state index contributed by atoms with van der Waals surface area (Å²) in [4.78, 5) is 27.9. The van der Waals surface area contributed by atoms with Crippen LogP contribution in [0.15, 0.2) is 48.7 Å². The smallest absolute Gasteiger partial charge is 0.362 e. The summed E-state index contributed by atoms with van der Waals surface area (Å²) < 4.78 is 74.6. The molecule has 0 saturated heterocycles. The van der Waals surface area contributed by atoms with Gasteiger partial charge in [-0.15, -0.1) is 0 Å². The molecule has 1 heterocycles. The third kappa shape index (κ3) is 6.24. The number of benzene rings is 2. The number of pyridine rings is 1. The van der Waals surface area contributed by atoms with Crippen LogP contribution in [0.2, 0.25) is 0 Å². The van der Waals surface area contributed by atoms with Crippen LogP contribution in [0.25, 0.3) is 0 Å². The predicted octanol–water partition coefficient (Wildman–Crippen LogP) is 6.03. The number of ether oxygens (including phenoxy) is 1. The lowest BCUT2D eigenvalue weighted by molar-refractivity contribution is -0.0300. The molecule has 0 radical (unpaired) electrons. The second-order valence-corrected chi connectivity index (χ2v) is 7.90. The molecule has 1 unspecified atom stereocenters. The average Bonchev–Trinajstić information content (AvgIpc) is 2.74. The zero-order valence-electron chi connectivity index (χ0n) is 18.1. The second-order valence-electron chi connectivity index (χ2n) is 7.40. The number of carbonyl (C=O) groups excluding carboxylic acids is 2. The number of nitrogens with one attached hydrogen (secondary N) is 2. The van der Waals surface area contributed by atoms with E-state index in [2.05, 4.69) is 10.3 Å². The summed E-state index contributed by atoms with van der Waals surface area (Å²) in [6.07, 6.45) is -1.06. The third-order valence-electron chi connectivity index (χ3n) is 4.73. The van der Waals surface area contributed by atoms with Crippen molar-refractivity contribution in [1.29, 1.82) is 0 Å². The van der Waals surface area contributed by atoms with Crippen molar-refractivity contribution in [2.45, 2.75) is 25.3 Å². The minimum Gasteiger partial charge on any atom is -0.461 e. The SMILES string of the molecule is Cc1ccc(C(Oc2ncc(NC(=O)NC(=O)c3c(F)cccc3F)cc2C)C(F)(F)Cl)cc1F. The van der Waals surface area contributed by atoms with Crippen molar-refractivity contribution in [1.82, 2.24) is 10.3 Å². The van der Waals surface area contributed by atoms with Crippen LogP contribution in [0, 0.1) is 31.3 Å². The topological polar surface area (TPSA) is 80.3 Å². The molecule has 12 heteroatoms. The monoisotopic (exact) mass is 513 g/mol. The molecule has 0 aliphatic heterocycles. The van der Waals surface area contributed by atoms with Crippen LogP contribution >= 0.6 is 11.6 Å². The van der Waals surface area contributed by atoms with Crippen LogP contribution in [0.4, 0.5) is 32.4 Å². The lowest BCUT2D eigenvalue weighted by Gasteiger charge is -2.24. The quantitative estimate of drug-likeness (QED) is 0.311. The molecule has 0 aliphatic carbocycles. The number of alkyl halides is 3. The Hall–Kier alpha value is -3.73. The number of nitrogens with zero attached hydrogens (tertiary/aromatic N) is 1. The first kappa shape index (κ1) is 25.9. The number of rotatable bonds is 6. The first-order valence-corrected chi connectivity index (χ1v) is 10.3. The van der Waals surface area contributed by atoms with Crippen LogP contribution in [-0.4, -0.2) is 22.3 Å². The highest BCUT2D eigenvalue weighted by Gasteiger charge is 2.41. The van der Waals surface area contributed by atoms with Crippen molar-refractivity contribution in [3.05, 3.63) is 88.4 Å². The maximum atomic E-state index is 14.0. The molecule has 35 heavy (non-hydrogen) atoms. The molecule has 2 N–H and O–H groups in total. The lowest BCUT2D eigenvalue weighted by Crippen LogP contribution is -2.35. The molecule has 0 aliphatic rings. The summed E-state index contributed by atoms with van der Waals surface area (Å²) in [5.41, 5.74) is -0.752. The van der Waals surface area contributed by atoms with Crippen LogP contribution in [0.5, 0.6) is 5.88 Å². The van der Waals surface area contributed by atoms with E-state index in [4.69, 9.17) is 16.3 Å². The van der Waals surface area contributed by atoms with Gasteiger partial charge in [0.05, 0.1) is 11.9 Å². The minimum atomic E-state index is -3.92. The minimum absolute atomic E-state index is 0.00437. The lowest BCUT2D eigenvalue weighted by atomic mass is 10.1. The van der Waals surface area contributed by atoms with Crippen LogP contribution < -0.4 is 15.4 Å².